The lowest BCUT2D eigenvalue weighted by molar-refractivity contribution is -0.0613. The Bertz CT molecular complexity index is 589. The Kier molecular flexibility index (Phi) is 3.38. The van der Waals surface area contributed by atoms with Crippen LogP contribution >= 0.6 is 0 Å². The number of primary amides is 1. The lowest BCUT2D eigenvalue weighted by atomic mass is 9.94. The summed E-state index contributed by atoms with van der Waals surface area (Å²) in [5.74, 6) is -0.603. The van der Waals surface area contributed by atoms with Crippen LogP contribution in [0.5, 0.6) is 0 Å². The smallest absolute Gasteiger partial charge is 0.248 e. The standard InChI is InChI=1S/C12H16N2O4S/c1-2-12(16)7-14(8-12)19(17,18)10-5-3-9(4-6-10)11(13)15/h3-6,16H,2,7-8H2,1H3,(H2,13,15). The molecule has 7 heteroatoms. The predicted molar refractivity (Wildman–Crippen MR) is 69.0 cm³/mol. The summed E-state index contributed by atoms with van der Waals surface area (Å²) in [4.78, 5) is 11.0. The molecule has 1 aliphatic heterocycles. The summed E-state index contributed by atoms with van der Waals surface area (Å²) in [6.07, 6.45) is 0.514. The Hall–Kier alpha value is -1.44. The fourth-order valence-corrected chi connectivity index (χ4v) is 3.54. The molecule has 0 aliphatic carbocycles. The van der Waals surface area contributed by atoms with Crippen LogP contribution in [0.25, 0.3) is 0 Å². The van der Waals surface area contributed by atoms with Crippen molar-refractivity contribution in [1.29, 1.82) is 0 Å². The van der Waals surface area contributed by atoms with Crippen molar-refractivity contribution < 1.29 is 18.3 Å². The number of carbonyl (C=O) groups excluding carboxylic acids is 1. The lowest BCUT2D eigenvalue weighted by Gasteiger charge is -2.44. The Balaban J connectivity index is 2.20. The second kappa shape index (κ2) is 4.59. The second-order valence-electron chi connectivity index (χ2n) is 4.74. The lowest BCUT2D eigenvalue weighted by Crippen LogP contribution is -2.62. The molecular weight excluding hydrogens is 268 g/mol. The fourth-order valence-electron chi connectivity index (χ4n) is 1.94. The van der Waals surface area contributed by atoms with Crippen LogP contribution in [0.2, 0.25) is 0 Å². The molecule has 0 radical (unpaired) electrons. The second-order valence-corrected chi connectivity index (χ2v) is 6.68. The summed E-state index contributed by atoms with van der Waals surface area (Å²) < 4.78 is 25.6. The normalized spacial score (nSPS) is 18.8. The molecule has 3 N–H and O–H groups in total. The molecule has 1 aromatic rings. The van der Waals surface area contributed by atoms with Gasteiger partial charge in [0.1, 0.15) is 0 Å². The molecule has 0 unspecified atom stereocenters. The van der Waals surface area contributed by atoms with E-state index in [2.05, 4.69) is 0 Å². The number of aliphatic hydroxyl groups is 1. The Morgan fingerprint density at radius 3 is 2.32 bits per heavy atom. The average molecular weight is 284 g/mol. The molecule has 1 amide bonds. The van der Waals surface area contributed by atoms with Gasteiger partial charge in [-0.3, -0.25) is 4.79 Å². The van der Waals surface area contributed by atoms with E-state index in [9.17, 15) is 18.3 Å². The van der Waals surface area contributed by atoms with Crippen LogP contribution in [0.15, 0.2) is 29.2 Å². The van der Waals surface area contributed by atoms with Crippen LogP contribution in [0.4, 0.5) is 0 Å². The highest BCUT2D eigenvalue weighted by Crippen LogP contribution is 2.30. The minimum absolute atomic E-state index is 0.0932. The zero-order chi connectivity index (χ0) is 14.3. The van der Waals surface area contributed by atoms with Crippen molar-refractivity contribution in [3.63, 3.8) is 0 Å². The Labute approximate surface area is 111 Å². The van der Waals surface area contributed by atoms with Crippen LogP contribution in [0, 0.1) is 0 Å². The molecule has 0 bridgehead atoms. The molecule has 1 fully saturated rings. The molecule has 104 valence electrons. The van der Waals surface area contributed by atoms with Crippen molar-refractivity contribution in [2.75, 3.05) is 13.1 Å². The minimum atomic E-state index is -3.60. The first-order chi connectivity index (χ1) is 8.78. The van der Waals surface area contributed by atoms with Crippen LogP contribution < -0.4 is 5.73 Å². The first-order valence-electron chi connectivity index (χ1n) is 5.91. The zero-order valence-corrected chi connectivity index (χ0v) is 11.4. The van der Waals surface area contributed by atoms with Crippen molar-refractivity contribution in [2.45, 2.75) is 23.8 Å². The van der Waals surface area contributed by atoms with E-state index in [1.807, 2.05) is 6.92 Å². The minimum Gasteiger partial charge on any atom is -0.387 e. The van der Waals surface area contributed by atoms with Gasteiger partial charge in [0, 0.05) is 18.7 Å². The summed E-state index contributed by atoms with van der Waals surface area (Å²) in [7, 11) is -3.60. The van der Waals surface area contributed by atoms with Crippen molar-refractivity contribution in [2.24, 2.45) is 5.73 Å². The first kappa shape index (κ1) is 14.0. The van der Waals surface area contributed by atoms with Gasteiger partial charge in [0.25, 0.3) is 0 Å². The monoisotopic (exact) mass is 284 g/mol. The van der Waals surface area contributed by atoms with Crippen molar-refractivity contribution in [3.8, 4) is 0 Å². The fraction of sp³-hybridized carbons (Fsp3) is 0.417. The maximum atomic E-state index is 12.2. The molecule has 0 saturated carbocycles. The number of carbonyl (C=O) groups is 1. The van der Waals surface area contributed by atoms with Gasteiger partial charge in [-0.15, -0.1) is 0 Å². The van der Waals surface area contributed by atoms with E-state index in [0.29, 0.717) is 6.42 Å². The zero-order valence-electron chi connectivity index (χ0n) is 10.5. The molecule has 1 heterocycles. The van der Waals surface area contributed by atoms with Gasteiger partial charge in [0.15, 0.2) is 0 Å². The topological polar surface area (TPSA) is 101 Å². The molecule has 0 aromatic heterocycles. The first-order valence-corrected chi connectivity index (χ1v) is 7.35. The summed E-state index contributed by atoms with van der Waals surface area (Å²) in [6, 6.07) is 5.44. The number of benzene rings is 1. The van der Waals surface area contributed by atoms with Crippen LogP contribution in [-0.4, -0.2) is 42.4 Å². The molecule has 1 saturated heterocycles. The Morgan fingerprint density at radius 2 is 1.89 bits per heavy atom. The van der Waals surface area contributed by atoms with Crippen molar-refractivity contribution >= 4 is 15.9 Å². The maximum Gasteiger partial charge on any atom is 0.248 e. The van der Waals surface area contributed by atoms with Crippen LogP contribution in [0.3, 0.4) is 0 Å². The van der Waals surface area contributed by atoms with E-state index in [4.69, 9.17) is 5.73 Å². The third-order valence-corrected chi connectivity index (χ3v) is 5.18. The van der Waals surface area contributed by atoms with Gasteiger partial charge in [-0.05, 0) is 30.7 Å². The van der Waals surface area contributed by atoms with Gasteiger partial charge < -0.3 is 10.8 Å². The third-order valence-electron chi connectivity index (χ3n) is 3.38. The average Bonchev–Trinajstić information content (AvgIpc) is 2.35. The largest absolute Gasteiger partial charge is 0.387 e. The summed E-state index contributed by atoms with van der Waals surface area (Å²) in [6.45, 7) is 2.01. The highest BCUT2D eigenvalue weighted by atomic mass is 32.2. The number of β-amino-alcohol motifs (C(OH)–C–C–N with tert-alkyl or cyclic N) is 1. The van der Waals surface area contributed by atoms with Gasteiger partial charge in [0.2, 0.25) is 15.9 Å². The third kappa shape index (κ3) is 2.49. The SMILES string of the molecule is CCC1(O)CN(S(=O)(=O)c2ccc(C(N)=O)cc2)C1. The summed E-state index contributed by atoms with van der Waals surface area (Å²) in [5, 5.41) is 9.85. The Morgan fingerprint density at radius 1 is 1.37 bits per heavy atom. The van der Waals surface area contributed by atoms with E-state index in [1.54, 1.807) is 0 Å². The van der Waals surface area contributed by atoms with E-state index >= 15 is 0 Å². The maximum absolute atomic E-state index is 12.2. The number of amides is 1. The predicted octanol–water partition coefficient (Wildman–Crippen LogP) is -0.0691. The quantitative estimate of drug-likeness (QED) is 0.808. The van der Waals surface area contributed by atoms with E-state index in [-0.39, 0.29) is 23.5 Å². The van der Waals surface area contributed by atoms with Crippen LogP contribution in [-0.2, 0) is 10.0 Å². The van der Waals surface area contributed by atoms with Gasteiger partial charge in [-0.1, -0.05) is 6.92 Å². The van der Waals surface area contributed by atoms with Gasteiger partial charge >= 0.3 is 0 Å². The number of nitrogens with zero attached hydrogens (tertiary/aromatic N) is 1. The van der Waals surface area contributed by atoms with E-state index in [1.165, 1.54) is 28.6 Å². The van der Waals surface area contributed by atoms with Crippen molar-refractivity contribution in [1.82, 2.24) is 4.31 Å². The highest BCUT2D eigenvalue weighted by molar-refractivity contribution is 7.89. The van der Waals surface area contributed by atoms with E-state index < -0.39 is 21.5 Å². The van der Waals surface area contributed by atoms with Gasteiger partial charge in [0.05, 0.1) is 10.5 Å². The number of hydrogen-bond acceptors (Lipinski definition) is 4. The summed E-state index contributed by atoms with van der Waals surface area (Å²) in [5.41, 5.74) is 4.43. The molecule has 1 aromatic carbocycles. The molecular formula is C12H16N2O4S. The number of hydrogen-bond donors (Lipinski definition) is 2. The van der Waals surface area contributed by atoms with Gasteiger partial charge in [-0.25, -0.2) is 8.42 Å². The molecule has 1 aliphatic rings. The number of sulfonamides is 1. The summed E-state index contributed by atoms with van der Waals surface area (Å²) >= 11 is 0. The number of rotatable bonds is 4. The molecule has 0 spiro atoms. The molecule has 0 atom stereocenters. The molecule has 2 rings (SSSR count). The number of nitrogens with two attached hydrogens (primary N) is 1. The van der Waals surface area contributed by atoms with Crippen molar-refractivity contribution in [3.05, 3.63) is 29.8 Å². The molecule has 19 heavy (non-hydrogen) atoms. The molecule has 6 nitrogen and oxygen atoms in total. The highest BCUT2D eigenvalue weighted by Gasteiger charge is 2.45. The van der Waals surface area contributed by atoms with Crippen LogP contribution in [0.1, 0.15) is 23.7 Å². The van der Waals surface area contributed by atoms with E-state index in [0.717, 1.165) is 0 Å². The van der Waals surface area contributed by atoms with Gasteiger partial charge in [-0.2, -0.15) is 4.31 Å².